The third-order valence-corrected chi connectivity index (χ3v) is 3.07. The van der Waals surface area contributed by atoms with E-state index < -0.39 is 5.97 Å². The molecular weight excluding hydrogens is 233 g/mol. The third-order valence-electron chi connectivity index (χ3n) is 3.07. The van der Waals surface area contributed by atoms with Crippen LogP contribution >= 0.6 is 0 Å². The van der Waals surface area contributed by atoms with Crippen LogP contribution in [-0.2, 0) is 4.79 Å². The molecule has 1 aromatic carbocycles. The first-order valence-corrected chi connectivity index (χ1v) is 6.22. The third kappa shape index (κ3) is 4.45. The fourth-order valence-corrected chi connectivity index (χ4v) is 2.12. The van der Waals surface area contributed by atoms with Gasteiger partial charge in [-0.3, -0.25) is 9.69 Å². The maximum atomic E-state index is 12.9. The van der Waals surface area contributed by atoms with Gasteiger partial charge in [0.25, 0.3) is 0 Å². The molecule has 0 amide bonds. The SMILES string of the molecule is CCC(c1ccc(F)cc1)N(C)CCCC(=O)O. The number of aliphatic carboxylic acids is 1. The van der Waals surface area contributed by atoms with Crippen LogP contribution in [-0.4, -0.2) is 29.6 Å². The molecule has 0 aliphatic heterocycles. The van der Waals surface area contributed by atoms with Crippen molar-refractivity contribution in [2.45, 2.75) is 32.2 Å². The van der Waals surface area contributed by atoms with Gasteiger partial charge in [-0.15, -0.1) is 0 Å². The number of carboxylic acid groups (broad SMARTS) is 1. The quantitative estimate of drug-likeness (QED) is 0.811. The number of hydrogen-bond acceptors (Lipinski definition) is 2. The van der Waals surface area contributed by atoms with Crippen LogP contribution in [0.2, 0.25) is 0 Å². The van der Waals surface area contributed by atoms with Crippen LogP contribution in [0.5, 0.6) is 0 Å². The summed E-state index contributed by atoms with van der Waals surface area (Å²) >= 11 is 0. The number of carbonyl (C=O) groups is 1. The van der Waals surface area contributed by atoms with Crippen molar-refractivity contribution in [1.82, 2.24) is 4.90 Å². The van der Waals surface area contributed by atoms with E-state index in [4.69, 9.17) is 5.11 Å². The molecule has 0 spiro atoms. The molecule has 4 heteroatoms. The summed E-state index contributed by atoms with van der Waals surface area (Å²) in [7, 11) is 1.97. The molecule has 0 aromatic heterocycles. The van der Waals surface area contributed by atoms with Gasteiger partial charge in [-0.2, -0.15) is 0 Å². The molecule has 0 saturated heterocycles. The van der Waals surface area contributed by atoms with E-state index in [0.717, 1.165) is 18.5 Å². The number of carboxylic acids is 1. The molecule has 0 aliphatic rings. The van der Waals surface area contributed by atoms with Gasteiger partial charge in [0, 0.05) is 12.5 Å². The minimum absolute atomic E-state index is 0.185. The fraction of sp³-hybridized carbons (Fsp3) is 0.500. The molecule has 1 unspecified atom stereocenters. The Balaban J connectivity index is 2.59. The maximum Gasteiger partial charge on any atom is 0.303 e. The van der Waals surface area contributed by atoms with Crippen molar-refractivity contribution >= 4 is 5.97 Å². The second-order valence-corrected chi connectivity index (χ2v) is 4.45. The maximum absolute atomic E-state index is 12.9. The minimum atomic E-state index is -0.766. The lowest BCUT2D eigenvalue weighted by molar-refractivity contribution is -0.137. The van der Waals surface area contributed by atoms with E-state index in [9.17, 15) is 9.18 Å². The Morgan fingerprint density at radius 2 is 2.00 bits per heavy atom. The van der Waals surface area contributed by atoms with Crippen molar-refractivity contribution < 1.29 is 14.3 Å². The number of benzene rings is 1. The van der Waals surface area contributed by atoms with E-state index in [2.05, 4.69) is 11.8 Å². The summed E-state index contributed by atoms with van der Waals surface area (Å²) in [4.78, 5) is 12.6. The van der Waals surface area contributed by atoms with Crippen molar-refractivity contribution in [3.63, 3.8) is 0 Å². The molecule has 0 aliphatic carbocycles. The van der Waals surface area contributed by atoms with Crippen LogP contribution in [0.4, 0.5) is 4.39 Å². The van der Waals surface area contributed by atoms with Gasteiger partial charge in [0.2, 0.25) is 0 Å². The van der Waals surface area contributed by atoms with Crippen LogP contribution in [0.25, 0.3) is 0 Å². The summed E-state index contributed by atoms with van der Waals surface area (Å²) in [5, 5.41) is 8.61. The van der Waals surface area contributed by atoms with Gasteiger partial charge in [-0.1, -0.05) is 19.1 Å². The molecule has 3 nitrogen and oxygen atoms in total. The molecule has 0 fully saturated rings. The number of halogens is 1. The summed E-state index contributed by atoms with van der Waals surface area (Å²) in [6, 6.07) is 6.71. The van der Waals surface area contributed by atoms with Crippen LogP contribution in [0.3, 0.4) is 0 Å². The predicted octanol–water partition coefficient (Wildman–Crippen LogP) is 3.07. The first-order valence-electron chi connectivity index (χ1n) is 6.22. The summed E-state index contributed by atoms with van der Waals surface area (Å²) in [6.45, 7) is 2.80. The van der Waals surface area contributed by atoms with Crippen molar-refractivity contribution in [3.05, 3.63) is 35.6 Å². The average molecular weight is 253 g/mol. The second kappa shape index (κ2) is 7.11. The standard InChI is InChI=1S/C14H20FNO2/c1-3-13(11-6-8-12(15)9-7-11)16(2)10-4-5-14(17)18/h6-9,13H,3-5,10H2,1-2H3,(H,17,18). The van der Waals surface area contributed by atoms with E-state index >= 15 is 0 Å². The Kier molecular flexibility index (Phi) is 5.78. The zero-order chi connectivity index (χ0) is 13.5. The van der Waals surface area contributed by atoms with Crippen molar-refractivity contribution in [2.24, 2.45) is 0 Å². The lowest BCUT2D eigenvalue weighted by Crippen LogP contribution is -2.25. The summed E-state index contributed by atoms with van der Waals surface area (Å²) in [6.07, 6.45) is 1.73. The summed E-state index contributed by atoms with van der Waals surface area (Å²) in [5.41, 5.74) is 1.07. The largest absolute Gasteiger partial charge is 0.481 e. The monoisotopic (exact) mass is 253 g/mol. The number of rotatable bonds is 7. The van der Waals surface area contributed by atoms with E-state index in [1.807, 2.05) is 7.05 Å². The van der Waals surface area contributed by atoms with Gasteiger partial charge >= 0.3 is 5.97 Å². The molecule has 1 rings (SSSR count). The van der Waals surface area contributed by atoms with Crippen molar-refractivity contribution in [3.8, 4) is 0 Å². The molecule has 18 heavy (non-hydrogen) atoms. The Labute approximate surface area is 107 Å². The molecular formula is C14H20FNO2. The van der Waals surface area contributed by atoms with Gasteiger partial charge in [0.1, 0.15) is 5.82 Å². The highest BCUT2D eigenvalue weighted by atomic mass is 19.1. The molecule has 1 N–H and O–H groups in total. The molecule has 0 heterocycles. The molecule has 0 radical (unpaired) electrons. The van der Waals surface area contributed by atoms with Gasteiger partial charge < -0.3 is 5.11 Å². The normalized spacial score (nSPS) is 12.7. The Morgan fingerprint density at radius 3 is 2.50 bits per heavy atom. The van der Waals surface area contributed by atoms with E-state index in [0.29, 0.717) is 6.42 Å². The van der Waals surface area contributed by atoms with Crippen molar-refractivity contribution in [2.75, 3.05) is 13.6 Å². The van der Waals surface area contributed by atoms with Crippen LogP contribution in [0.15, 0.2) is 24.3 Å². The lowest BCUT2D eigenvalue weighted by atomic mass is 10.0. The highest BCUT2D eigenvalue weighted by molar-refractivity contribution is 5.66. The first kappa shape index (κ1) is 14.6. The van der Waals surface area contributed by atoms with Crippen LogP contribution < -0.4 is 0 Å². The van der Waals surface area contributed by atoms with E-state index in [-0.39, 0.29) is 18.3 Å². The lowest BCUT2D eigenvalue weighted by Gasteiger charge is -2.27. The predicted molar refractivity (Wildman–Crippen MR) is 68.9 cm³/mol. The zero-order valence-corrected chi connectivity index (χ0v) is 10.9. The Bertz CT molecular complexity index is 378. The second-order valence-electron chi connectivity index (χ2n) is 4.45. The Morgan fingerprint density at radius 1 is 1.39 bits per heavy atom. The van der Waals surface area contributed by atoms with Crippen molar-refractivity contribution in [1.29, 1.82) is 0 Å². The fourth-order valence-electron chi connectivity index (χ4n) is 2.12. The number of hydrogen-bond donors (Lipinski definition) is 1. The van der Waals surface area contributed by atoms with Gasteiger partial charge in [0.15, 0.2) is 0 Å². The Hall–Kier alpha value is -1.42. The van der Waals surface area contributed by atoms with Gasteiger partial charge in [0.05, 0.1) is 0 Å². The van der Waals surface area contributed by atoms with Crippen LogP contribution in [0, 0.1) is 5.82 Å². The first-order chi connectivity index (χ1) is 8.54. The smallest absolute Gasteiger partial charge is 0.303 e. The molecule has 0 bridgehead atoms. The van der Waals surface area contributed by atoms with E-state index in [1.54, 1.807) is 12.1 Å². The minimum Gasteiger partial charge on any atom is -0.481 e. The molecule has 1 atom stereocenters. The molecule has 1 aromatic rings. The van der Waals surface area contributed by atoms with E-state index in [1.165, 1.54) is 12.1 Å². The van der Waals surface area contributed by atoms with Gasteiger partial charge in [-0.05, 0) is 44.1 Å². The number of nitrogens with zero attached hydrogens (tertiary/aromatic N) is 1. The van der Waals surface area contributed by atoms with Gasteiger partial charge in [-0.25, -0.2) is 4.39 Å². The topological polar surface area (TPSA) is 40.5 Å². The van der Waals surface area contributed by atoms with Crippen LogP contribution in [0.1, 0.15) is 37.8 Å². The highest BCUT2D eigenvalue weighted by Gasteiger charge is 2.15. The molecule has 0 saturated carbocycles. The summed E-state index contributed by atoms with van der Waals surface area (Å²) in [5.74, 6) is -1.000. The average Bonchev–Trinajstić information content (AvgIpc) is 2.32. The summed E-state index contributed by atoms with van der Waals surface area (Å²) < 4.78 is 12.9. The molecule has 100 valence electrons. The zero-order valence-electron chi connectivity index (χ0n) is 10.9. The highest BCUT2D eigenvalue weighted by Crippen LogP contribution is 2.23.